The summed E-state index contributed by atoms with van der Waals surface area (Å²) in [6.45, 7) is 5.04. The molecule has 150 valence electrons. The SMILES string of the molecule is CCCCOC(=O)c1ccc(SSc2ccc(C(=O)OCCCC)cc2)cc1. The highest BCUT2D eigenvalue weighted by molar-refractivity contribution is 8.76. The largest absolute Gasteiger partial charge is 0.462 e. The standard InChI is InChI=1S/C22H26O4S2/c1-3-5-15-25-21(23)17-7-11-19(12-8-17)27-28-20-13-9-18(10-14-20)22(24)26-16-6-4-2/h7-14H,3-6,15-16H2,1-2H3. The van der Waals surface area contributed by atoms with Crippen LogP contribution in [0.15, 0.2) is 58.3 Å². The van der Waals surface area contributed by atoms with Gasteiger partial charge in [0, 0.05) is 9.79 Å². The van der Waals surface area contributed by atoms with Crippen LogP contribution in [-0.2, 0) is 9.47 Å². The minimum atomic E-state index is -0.279. The molecule has 0 amide bonds. The van der Waals surface area contributed by atoms with E-state index in [-0.39, 0.29) is 11.9 Å². The molecule has 28 heavy (non-hydrogen) atoms. The van der Waals surface area contributed by atoms with Gasteiger partial charge in [-0.2, -0.15) is 0 Å². The van der Waals surface area contributed by atoms with Gasteiger partial charge in [0.05, 0.1) is 24.3 Å². The smallest absolute Gasteiger partial charge is 0.338 e. The van der Waals surface area contributed by atoms with Gasteiger partial charge in [0.15, 0.2) is 0 Å². The zero-order chi connectivity index (χ0) is 20.2. The van der Waals surface area contributed by atoms with E-state index in [4.69, 9.17) is 9.47 Å². The summed E-state index contributed by atoms with van der Waals surface area (Å²) in [4.78, 5) is 25.9. The number of rotatable bonds is 11. The van der Waals surface area contributed by atoms with Crippen LogP contribution in [0, 0.1) is 0 Å². The summed E-state index contributed by atoms with van der Waals surface area (Å²) in [6.07, 6.45) is 3.76. The Balaban J connectivity index is 1.81. The van der Waals surface area contributed by atoms with Crippen molar-refractivity contribution in [3.8, 4) is 0 Å². The minimum absolute atomic E-state index is 0.279. The van der Waals surface area contributed by atoms with Gasteiger partial charge in [-0.05, 0) is 61.4 Å². The predicted molar refractivity (Wildman–Crippen MR) is 115 cm³/mol. The zero-order valence-corrected chi connectivity index (χ0v) is 17.9. The summed E-state index contributed by atoms with van der Waals surface area (Å²) in [7, 11) is 3.19. The van der Waals surface area contributed by atoms with Crippen molar-refractivity contribution in [2.24, 2.45) is 0 Å². The van der Waals surface area contributed by atoms with Gasteiger partial charge in [-0.1, -0.05) is 48.3 Å². The molecule has 0 atom stereocenters. The number of carbonyl (C=O) groups excluding carboxylic acids is 2. The first kappa shape index (κ1) is 22.4. The number of unbranched alkanes of at least 4 members (excludes halogenated alkanes) is 2. The van der Waals surface area contributed by atoms with E-state index in [9.17, 15) is 9.59 Å². The van der Waals surface area contributed by atoms with Crippen molar-refractivity contribution in [3.63, 3.8) is 0 Å². The van der Waals surface area contributed by atoms with E-state index in [0.717, 1.165) is 35.5 Å². The molecule has 0 fully saturated rings. The first-order chi connectivity index (χ1) is 13.6. The average molecular weight is 419 g/mol. The Bertz CT molecular complexity index is 677. The highest BCUT2D eigenvalue weighted by atomic mass is 33.1. The fourth-order valence-electron chi connectivity index (χ4n) is 2.17. The van der Waals surface area contributed by atoms with Crippen molar-refractivity contribution >= 4 is 33.5 Å². The van der Waals surface area contributed by atoms with Gasteiger partial charge in [0.25, 0.3) is 0 Å². The molecule has 0 heterocycles. The predicted octanol–water partition coefficient (Wildman–Crippen LogP) is 6.40. The second kappa shape index (κ2) is 12.5. The van der Waals surface area contributed by atoms with E-state index in [0.29, 0.717) is 24.3 Å². The van der Waals surface area contributed by atoms with Gasteiger partial charge in [-0.15, -0.1) is 0 Å². The molecule has 2 aromatic carbocycles. The van der Waals surface area contributed by atoms with Crippen molar-refractivity contribution in [2.45, 2.75) is 49.3 Å². The van der Waals surface area contributed by atoms with E-state index in [1.165, 1.54) is 0 Å². The number of esters is 2. The second-order valence-corrected chi connectivity index (χ2v) is 8.47. The van der Waals surface area contributed by atoms with Crippen LogP contribution in [0.3, 0.4) is 0 Å². The minimum Gasteiger partial charge on any atom is -0.462 e. The lowest BCUT2D eigenvalue weighted by atomic mass is 10.2. The normalized spacial score (nSPS) is 10.5. The van der Waals surface area contributed by atoms with Crippen molar-refractivity contribution < 1.29 is 19.1 Å². The molecule has 4 nitrogen and oxygen atoms in total. The molecule has 0 spiro atoms. The maximum Gasteiger partial charge on any atom is 0.338 e. The third-order valence-electron chi connectivity index (χ3n) is 3.88. The highest BCUT2D eigenvalue weighted by Gasteiger charge is 2.08. The lowest BCUT2D eigenvalue weighted by Crippen LogP contribution is -2.06. The van der Waals surface area contributed by atoms with Crippen molar-refractivity contribution in [3.05, 3.63) is 59.7 Å². The lowest BCUT2D eigenvalue weighted by molar-refractivity contribution is 0.0490. The summed E-state index contributed by atoms with van der Waals surface area (Å²) in [5.41, 5.74) is 1.13. The molecule has 2 aromatic rings. The molecule has 0 aromatic heterocycles. The molecule has 0 aliphatic carbocycles. The Morgan fingerprint density at radius 2 is 1.04 bits per heavy atom. The molecular weight excluding hydrogens is 392 g/mol. The second-order valence-electron chi connectivity index (χ2n) is 6.19. The Morgan fingerprint density at radius 3 is 1.36 bits per heavy atom. The first-order valence-electron chi connectivity index (χ1n) is 9.53. The fraction of sp³-hybridized carbons (Fsp3) is 0.364. The van der Waals surface area contributed by atoms with Crippen LogP contribution < -0.4 is 0 Å². The monoisotopic (exact) mass is 418 g/mol. The van der Waals surface area contributed by atoms with Crippen LogP contribution in [0.5, 0.6) is 0 Å². The summed E-state index contributed by atoms with van der Waals surface area (Å²) in [5, 5.41) is 0. The van der Waals surface area contributed by atoms with Gasteiger partial charge in [0.1, 0.15) is 0 Å². The summed E-state index contributed by atoms with van der Waals surface area (Å²) in [5.74, 6) is -0.557. The highest BCUT2D eigenvalue weighted by Crippen LogP contribution is 2.37. The van der Waals surface area contributed by atoms with Gasteiger partial charge < -0.3 is 9.47 Å². The number of benzene rings is 2. The number of hydrogen-bond donors (Lipinski definition) is 0. The molecule has 0 unspecified atom stereocenters. The van der Waals surface area contributed by atoms with E-state index in [1.807, 2.05) is 24.3 Å². The van der Waals surface area contributed by atoms with Crippen molar-refractivity contribution in [2.75, 3.05) is 13.2 Å². The first-order valence-corrected chi connectivity index (χ1v) is 11.7. The molecular formula is C22H26O4S2. The third-order valence-corrected chi connectivity index (χ3v) is 6.29. The van der Waals surface area contributed by atoms with Crippen molar-refractivity contribution in [1.82, 2.24) is 0 Å². The summed E-state index contributed by atoms with van der Waals surface area (Å²) >= 11 is 0. The average Bonchev–Trinajstić information content (AvgIpc) is 2.73. The van der Waals surface area contributed by atoms with E-state index in [2.05, 4.69) is 13.8 Å². The van der Waals surface area contributed by atoms with Crippen LogP contribution in [0.4, 0.5) is 0 Å². The molecule has 0 N–H and O–H groups in total. The Labute approximate surface area is 174 Å². The quantitative estimate of drug-likeness (QED) is 0.239. The zero-order valence-electron chi connectivity index (χ0n) is 16.3. The van der Waals surface area contributed by atoms with Gasteiger partial charge >= 0.3 is 11.9 Å². The van der Waals surface area contributed by atoms with Crippen LogP contribution in [0.2, 0.25) is 0 Å². The molecule has 0 bridgehead atoms. The van der Waals surface area contributed by atoms with Crippen molar-refractivity contribution in [1.29, 1.82) is 0 Å². The molecule has 2 rings (SSSR count). The van der Waals surface area contributed by atoms with Crippen LogP contribution >= 0.6 is 21.6 Å². The molecule has 0 radical (unpaired) electrons. The number of hydrogen-bond acceptors (Lipinski definition) is 6. The summed E-state index contributed by atoms with van der Waals surface area (Å²) < 4.78 is 10.4. The molecule has 6 heteroatoms. The maximum atomic E-state index is 11.9. The fourth-order valence-corrected chi connectivity index (χ4v) is 4.11. The topological polar surface area (TPSA) is 52.6 Å². The molecule has 0 saturated carbocycles. The van der Waals surface area contributed by atoms with Gasteiger partial charge in [0.2, 0.25) is 0 Å². The Hall–Kier alpha value is -1.92. The Morgan fingerprint density at radius 1 is 0.679 bits per heavy atom. The van der Waals surface area contributed by atoms with Gasteiger partial charge in [-0.3, -0.25) is 0 Å². The number of carbonyl (C=O) groups is 2. The lowest BCUT2D eigenvalue weighted by Gasteiger charge is -2.06. The van der Waals surface area contributed by atoms with E-state index >= 15 is 0 Å². The summed E-state index contributed by atoms with van der Waals surface area (Å²) in [6, 6.07) is 14.8. The Kier molecular flexibility index (Phi) is 10.0. The maximum absolute atomic E-state index is 11.9. The van der Waals surface area contributed by atoms with Crippen LogP contribution in [-0.4, -0.2) is 25.2 Å². The van der Waals surface area contributed by atoms with Crippen LogP contribution in [0.25, 0.3) is 0 Å². The third kappa shape index (κ3) is 7.60. The van der Waals surface area contributed by atoms with E-state index < -0.39 is 0 Å². The molecule has 0 aliphatic heterocycles. The number of ether oxygens (including phenoxy) is 2. The molecule has 0 aliphatic rings. The van der Waals surface area contributed by atoms with Gasteiger partial charge in [-0.25, -0.2) is 9.59 Å². The van der Waals surface area contributed by atoms with Crippen LogP contribution in [0.1, 0.15) is 60.2 Å². The molecule has 0 saturated heterocycles. The van der Waals surface area contributed by atoms with E-state index in [1.54, 1.807) is 45.9 Å².